The number of ketones is 2. The number of hydrogen-bond donors (Lipinski definition) is 2. The summed E-state index contributed by atoms with van der Waals surface area (Å²) in [6.45, 7) is 0. The summed E-state index contributed by atoms with van der Waals surface area (Å²) in [5, 5.41) is 0. The van der Waals surface area contributed by atoms with Crippen LogP contribution in [0.15, 0.2) is 46.2 Å². The molecule has 0 saturated carbocycles. The molecule has 12 heteroatoms. The van der Waals surface area contributed by atoms with Crippen LogP contribution in [0.1, 0.15) is 31.8 Å². The first-order valence-corrected chi connectivity index (χ1v) is 9.20. The summed E-state index contributed by atoms with van der Waals surface area (Å²) in [5.74, 6) is -1.40. The van der Waals surface area contributed by atoms with Gasteiger partial charge in [-0.3, -0.25) is 18.7 Å². The van der Waals surface area contributed by atoms with Gasteiger partial charge in [-0.05, 0) is 36.4 Å². The minimum Gasteiger partial charge on any atom is -0.289 e. The van der Waals surface area contributed by atoms with Crippen LogP contribution in [0.3, 0.4) is 0 Å². The number of benzene rings is 2. The monoisotopic (exact) mass is 414 g/mol. The Bertz CT molecular complexity index is 1050. The molecule has 0 bridgehead atoms. The largest absolute Gasteiger partial charge is 0.294 e. The molecule has 1 aliphatic carbocycles. The summed E-state index contributed by atoms with van der Waals surface area (Å²) in [6, 6.07) is 5.78. The van der Waals surface area contributed by atoms with E-state index < -0.39 is 41.6 Å². The van der Waals surface area contributed by atoms with Gasteiger partial charge in [0.2, 0.25) is 0 Å². The molecule has 8 nitrogen and oxygen atoms in total. The van der Waals surface area contributed by atoms with E-state index in [1.165, 1.54) is 0 Å². The Morgan fingerprint density at radius 1 is 0.577 bits per heavy atom. The van der Waals surface area contributed by atoms with E-state index in [4.69, 9.17) is 9.11 Å². The maximum absolute atomic E-state index is 12.5. The van der Waals surface area contributed by atoms with E-state index >= 15 is 0 Å². The quantitative estimate of drug-likeness (QED) is 0.447. The van der Waals surface area contributed by atoms with Crippen molar-refractivity contribution in [3.05, 3.63) is 58.7 Å². The molecule has 0 aliphatic heterocycles. The second kappa shape index (κ2) is 7.92. The van der Waals surface area contributed by atoms with Crippen LogP contribution in [0, 0.1) is 0 Å². The third-order valence-electron chi connectivity index (χ3n) is 3.56. The molecule has 2 aromatic rings. The van der Waals surface area contributed by atoms with Crippen molar-refractivity contribution in [3.8, 4) is 0 Å². The molecule has 0 heterocycles. The molecule has 3 rings (SSSR count). The third-order valence-corrected chi connectivity index (χ3v) is 5.26. The molecule has 0 fully saturated rings. The van der Waals surface area contributed by atoms with Gasteiger partial charge in [-0.25, -0.2) is 0 Å². The Morgan fingerprint density at radius 3 is 1.15 bits per heavy atom. The van der Waals surface area contributed by atoms with Crippen LogP contribution in [0.5, 0.6) is 0 Å². The predicted octanol–water partition coefficient (Wildman–Crippen LogP) is 0.194. The maximum Gasteiger partial charge on any atom is 0.294 e. The van der Waals surface area contributed by atoms with Crippen molar-refractivity contribution in [2.45, 2.75) is 9.79 Å². The van der Waals surface area contributed by atoms with Gasteiger partial charge in [0, 0.05) is 81.4 Å². The zero-order chi connectivity index (χ0) is 17.9. The van der Waals surface area contributed by atoms with E-state index in [1.807, 2.05) is 0 Å². The molecule has 0 unspecified atom stereocenters. The molecule has 1 aliphatic rings. The maximum atomic E-state index is 12.5. The SMILES string of the molecule is O=C1c2ccc(S(=O)(=O)O)cc2C(=O)c2ccc(S(=O)(=O)O)cc21.[Na].[Na]. The van der Waals surface area contributed by atoms with Crippen LogP contribution in [0.25, 0.3) is 0 Å². The Morgan fingerprint density at radius 2 is 0.885 bits per heavy atom. The van der Waals surface area contributed by atoms with Crippen LogP contribution < -0.4 is 0 Å². The van der Waals surface area contributed by atoms with E-state index in [9.17, 15) is 26.4 Å². The standard InChI is InChI=1S/C14H8O8S2.2Na/c15-13-9-3-1-7(23(17,18)19)5-11(9)14(16)10-4-2-8(6-12(10)13)24(20,21)22;;/h1-6H,(H,17,18,19)(H,20,21,22);;. The van der Waals surface area contributed by atoms with E-state index in [1.54, 1.807) is 0 Å². The first-order valence-electron chi connectivity index (χ1n) is 6.32. The first-order chi connectivity index (χ1) is 11.0. The van der Waals surface area contributed by atoms with Crippen molar-refractivity contribution >= 4 is 90.9 Å². The van der Waals surface area contributed by atoms with Gasteiger partial charge >= 0.3 is 0 Å². The summed E-state index contributed by atoms with van der Waals surface area (Å²) >= 11 is 0. The van der Waals surface area contributed by atoms with Crippen molar-refractivity contribution in [2.75, 3.05) is 0 Å². The summed E-state index contributed by atoms with van der Waals surface area (Å²) in [7, 11) is -9.11. The van der Waals surface area contributed by atoms with Gasteiger partial charge < -0.3 is 0 Å². The topological polar surface area (TPSA) is 143 Å². The van der Waals surface area contributed by atoms with Crippen molar-refractivity contribution < 1.29 is 35.5 Å². The van der Waals surface area contributed by atoms with Gasteiger partial charge in [-0.1, -0.05) is 0 Å². The van der Waals surface area contributed by atoms with Gasteiger partial charge in [0.05, 0.1) is 9.79 Å². The summed E-state index contributed by atoms with van der Waals surface area (Å²) in [6.07, 6.45) is 0. The molecule has 0 spiro atoms. The number of rotatable bonds is 2. The molecule has 2 radical (unpaired) electrons. The van der Waals surface area contributed by atoms with E-state index in [2.05, 4.69) is 0 Å². The Labute approximate surface area is 193 Å². The Balaban J connectivity index is 0.00000169. The van der Waals surface area contributed by atoms with E-state index in [0.29, 0.717) is 0 Å². The fourth-order valence-corrected chi connectivity index (χ4v) is 3.44. The van der Waals surface area contributed by atoms with Gasteiger partial charge in [-0.2, -0.15) is 16.8 Å². The van der Waals surface area contributed by atoms with E-state index in [0.717, 1.165) is 36.4 Å². The minimum atomic E-state index is -4.56. The van der Waals surface area contributed by atoms with Crippen LogP contribution in [-0.2, 0) is 20.2 Å². The molecule has 0 saturated heterocycles. The minimum absolute atomic E-state index is 0. The molecular weight excluding hydrogens is 406 g/mol. The molecule has 0 atom stereocenters. The van der Waals surface area contributed by atoms with Crippen LogP contribution in [0.4, 0.5) is 0 Å². The van der Waals surface area contributed by atoms with Gasteiger partial charge in [0.25, 0.3) is 20.2 Å². The average Bonchev–Trinajstić information content (AvgIpc) is 2.49. The third kappa shape index (κ3) is 4.20. The fourth-order valence-electron chi connectivity index (χ4n) is 2.43. The molecule has 2 aromatic carbocycles. The number of hydrogen-bond acceptors (Lipinski definition) is 6. The first kappa shape index (κ1) is 23.6. The molecule has 0 amide bonds. The number of carbonyl (C=O) groups excluding carboxylic acids is 2. The van der Waals surface area contributed by atoms with Crippen molar-refractivity contribution in [1.82, 2.24) is 0 Å². The van der Waals surface area contributed by atoms with Crippen molar-refractivity contribution in [1.29, 1.82) is 0 Å². The summed E-state index contributed by atoms with van der Waals surface area (Å²) in [4.78, 5) is 23.8. The predicted molar refractivity (Wildman–Crippen MR) is 90.9 cm³/mol. The van der Waals surface area contributed by atoms with E-state index in [-0.39, 0.29) is 81.4 Å². The molecule has 26 heavy (non-hydrogen) atoms. The van der Waals surface area contributed by atoms with Crippen molar-refractivity contribution in [3.63, 3.8) is 0 Å². The van der Waals surface area contributed by atoms with Crippen molar-refractivity contribution in [2.24, 2.45) is 0 Å². The molecular formula is C14H8Na2O8S2. The van der Waals surface area contributed by atoms with Crippen LogP contribution in [0.2, 0.25) is 0 Å². The van der Waals surface area contributed by atoms with Gasteiger partial charge in [-0.15, -0.1) is 0 Å². The summed E-state index contributed by atoms with van der Waals surface area (Å²) < 4.78 is 62.8. The molecule has 126 valence electrons. The van der Waals surface area contributed by atoms with Gasteiger partial charge in [0.1, 0.15) is 0 Å². The Kier molecular flexibility index (Phi) is 7.20. The molecule has 0 aromatic heterocycles. The second-order valence-electron chi connectivity index (χ2n) is 5.02. The van der Waals surface area contributed by atoms with Crippen LogP contribution in [-0.4, -0.2) is 96.6 Å². The van der Waals surface area contributed by atoms with Crippen LogP contribution >= 0.6 is 0 Å². The zero-order valence-corrected chi connectivity index (χ0v) is 19.3. The normalized spacial score (nSPS) is 13.2. The smallest absolute Gasteiger partial charge is 0.289 e. The summed E-state index contributed by atoms with van der Waals surface area (Å²) in [5.41, 5.74) is -0.704. The Hall–Kier alpha value is -0.400. The van der Waals surface area contributed by atoms with Gasteiger partial charge in [0.15, 0.2) is 11.6 Å². The zero-order valence-electron chi connectivity index (χ0n) is 13.6. The average molecular weight is 414 g/mol. The second-order valence-corrected chi connectivity index (χ2v) is 7.87. The number of carbonyl (C=O) groups is 2. The fraction of sp³-hybridized carbons (Fsp3) is 0. The number of fused-ring (bicyclic) bond motifs is 2. The molecule has 2 N–H and O–H groups in total.